The van der Waals surface area contributed by atoms with Crippen molar-refractivity contribution >= 4 is 41.1 Å². The number of ether oxygens (including phenoxy) is 3. The molecule has 17 heteroatoms. The minimum Gasteiger partial charge on any atom is -0.455 e. The number of carbonyl (C=O) groups excluding carboxylic acids is 5. The summed E-state index contributed by atoms with van der Waals surface area (Å²) in [5.74, 6) is -18.2. The summed E-state index contributed by atoms with van der Waals surface area (Å²) in [6, 6.07) is -1.51. The van der Waals surface area contributed by atoms with Gasteiger partial charge in [-0.25, -0.2) is 27.7 Å². The minimum absolute atomic E-state index is 0.0136. The number of ketones is 1. The fourth-order valence-electron chi connectivity index (χ4n) is 5.91. The van der Waals surface area contributed by atoms with E-state index < -0.39 is 88.3 Å². The molecule has 0 saturated heterocycles. The van der Waals surface area contributed by atoms with Gasteiger partial charge in [0.25, 0.3) is 0 Å². The van der Waals surface area contributed by atoms with Crippen molar-refractivity contribution in [3.63, 3.8) is 0 Å². The van der Waals surface area contributed by atoms with Crippen LogP contribution >= 0.6 is 11.3 Å². The van der Waals surface area contributed by atoms with Gasteiger partial charge in [-0.1, -0.05) is 48.0 Å². The van der Waals surface area contributed by atoms with Gasteiger partial charge in [-0.2, -0.15) is 8.78 Å². The Morgan fingerprint density at radius 2 is 1.39 bits per heavy atom. The van der Waals surface area contributed by atoms with Crippen LogP contribution in [0.2, 0.25) is 0 Å². The maximum Gasteiger partial charge on any atom is 0.410 e. The van der Waals surface area contributed by atoms with Gasteiger partial charge in [0.2, 0.25) is 40.7 Å². The molecule has 0 radical (unpaired) electrons. The van der Waals surface area contributed by atoms with E-state index in [-0.39, 0.29) is 47.3 Å². The molecule has 1 aromatic heterocycles. The molecule has 1 aromatic carbocycles. The van der Waals surface area contributed by atoms with E-state index in [1.165, 1.54) is 16.8 Å². The Labute approximate surface area is 316 Å². The Hall–Kier alpha value is -4.15. The van der Waals surface area contributed by atoms with Gasteiger partial charge in [-0.05, 0) is 38.5 Å². The molecule has 5 atom stereocenters. The third-order valence-corrected chi connectivity index (χ3v) is 9.82. The van der Waals surface area contributed by atoms with E-state index >= 15 is 0 Å². The van der Waals surface area contributed by atoms with Crippen LogP contribution in [0, 0.1) is 52.8 Å². The van der Waals surface area contributed by atoms with E-state index in [1.54, 1.807) is 41.7 Å². The topological polar surface area (TPSA) is 132 Å². The van der Waals surface area contributed by atoms with Crippen molar-refractivity contribution in [3.05, 3.63) is 45.2 Å². The lowest BCUT2D eigenvalue weighted by atomic mass is 9.82. The molecule has 0 aliphatic heterocycles. The van der Waals surface area contributed by atoms with Gasteiger partial charge in [0.1, 0.15) is 10.6 Å². The summed E-state index contributed by atoms with van der Waals surface area (Å²) in [5.41, 5.74) is -1.37. The highest BCUT2D eigenvalue weighted by Crippen LogP contribution is 2.34. The number of nitrogens with zero attached hydrogens (tertiary/aromatic N) is 3. The van der Waals surface area contributed by atoms with Crippen molar-refractivity contribution < 1.29 is 60.1 Å². The third-order valence-electron chi connectivity index (χ3n) is 8.88. The molecular formula is C37H50F5N3O8S. The number of hydrogen-bond acceptors (Lipinski definition) is 10. The quantitative estimate of drug-likeness (QED) is 0.0545. The number of esters is 2. The van der Waals surface area contributed by atoms with Crippen LogP contribution < -0.4 is 4.74 Å². The number of rotatable bonds is 16. The third kappa shape index (κ3) is 11.4. The SMILES string of the molecule is CC[C@H](C)[C@H](CC(=O)[C@@H](C(C)C)N(C)C(=O)OC(C)(C)C)C(=O)N(C)[C@H](C[C@@H](OC(C)=O)c1nc(C(=O)Oc2c(F)c(F)c(F)c(F)c2F)cs1)C(C)C. The summed E-state index contributed by atoms with van der Waals surface area (Å²) in [6.07, 6.45) is -1.51. The summed E-state index contributed by atoms with van der Waals surface area (Å²) in [5, 5.41) is 1.10. The summed E-state index contributed by atoms with van der Waals surface area (Å²) in [4.78, 5) is 72.8. The zero-order valence-corrected chi connectivity index (χ0v) is 33.5. The molecular weight excluding hydrogens is 741 g/mol. The summed E-state index contributed by atoms with van der Waals surface area (Å²) in [7, 11) is 3.04. The van der Waals surface area contributed by atoms with E-state index in [0.29, 0.717) is 6.42 Å². The van der Waals surface area contributed by atoms with Gasteiger partial charge >= 0.3 is 18.0 Å². The maximum absolute atomic E-state index is 14.3. The first-order chi connectivity index (χ1) is 24.8. The van der Waals surface area contributed by atoms with Crippen LogP contribution in [0.15, 0.2) is 5.38 Å². The van der Waals surface area contributed by atoms with Crippen LogP contribution in [0.5, 0.6) is 5.75 Å². The van der Waals surface area contributed by atoms with Crippen molar-refractivity contribution in [1.29, 1.82) is 0 Å². The number of Topliss-reactive ketones (excluding diaryl/α,β-unsaturated/α-hetero) is 1. The van der Waals surface area contributed by atoms with Crippen LogP contribution in [0.4, 0.5) is 26.7 Å². The predicted octanol–water partition coefficient (Wildman–Crippen LogP) is 8.05. The molecule has 0 aliphatic carbocycles. The highest BCUT2D eigenvalue weighted by atomic mass is 32.1. The maximum atomic E-state index is 14.3. The van der Waals surface area contributed by atoms with Crippen LogP contribution in [0.1, 0.15) is 110 Å². The summed E-state index contributed by atoms with van der Waals surface area (Å²) in [6.45, 7) is 17.2. The van der Waals surface area contributed by atoms with E-state index in [4.69, 9.17) is 9.47 Å². The second-order valence-corrected chi connectivity index (χ2v) is 15.8. The standard InChI is InChI=1S/C37H50F5N3O8S/c1-13-19(6)21(14-24(47)31(18(4)5)45(12)36(50)53-37(8,9)10)34(48)44(11)23(17(2)3)15-25(51-20(7)46)33-43-22(16-54-33)35(49)52-32-29(41)27(39)26(38)28(40)30(32)42/h16-19,21,23,25,31H,13-15H2,1-12H3/t19-,21-,23+,25+,31+/m0/s1. The Morgan fingerprint density at radius 1 is 0.852 bits per heavy atom. The molecule has 2 rings (SSSR count). The number of halogens is 5. The van der Waals surface area contributed by atoms with Crippen molar-refractivity contribution in [1.82, 2.24) is 14.8 Å². The molecule has 0 aliphatic rings. The normalized spacial score (nSPS) is 14.6. The van der Waals surface area contributed by atoms with Gasteiger partial charge in [0.15, 0.2) is 17.6 Å². The summed E-state index contributed by atoms with van der Waals surface area (Å²) < 4.78 is 84.7. The van der Waals surface area contributed by atoms with Crippen LogP contribution in [0.3, 0.4) is 0 Å². The van der Waals surface area contributed by atoms with Crippen LogP contribution in [0.25, 0.3) is 0 Å². The molecule has 0 fully saturated rings. The second kappa shape index (κ2) is 18.9. The van der Waals surface area contributed by atoms with Crippen LogP contribution in [-0.4, -0.2) is 76.3 Å². The number of carbonyl (C=O) groups is 5. The smallest absolute Gasteiger partial charge is 0.410 e. The van der Waals surface area contributed by atoms with E-state index in [1.807, 2.05) is 27.7 Å². The zero-order chi connectivity index (χ0) is 41.6. The molecule has 0 bridgehead atoms. The molecule has 302 valence electrons. The summed E-state index contributed by atoms with van der Waals surface area (Å²) >= 11 is 0.791. The van der Waals surface area contributed by atoms with Crippen molar-refractivity contribution in [3.8, 4) is 5.75 Å². The van der Waals surface area contributed by atoms with Gasteiger partial charge in [-0.15, -0.1) is 11.3 Å². The number of thiazole rings is 1. The molecule has 0 spiro atoms. The molecule has 0 unspecified atom stereocenters. The highest BCUT2D eigenvalue weighted by Gasteiger charge is 2.39. The largest absolute Gasteiger partial charge is 0.455 e. The number of aromatic nitrogens is 1. The van der Waals surface area contributed by atoms with Gasteiger partial charge in [-0.3, -0.25) is 14.4 Å². The lowest BCUT2D eigenvalue weighted by Crippen LogP contribution is -2.50. The van der Waals surface area contributed by atoms with Crippen LogP contribution in [-0.2, 0) is 23.9 Å². The molecule has 1 heterocycles. The average Bonchev–Trinajstić information content (AvgIpc) is 3.57. The fourth-order valence-corrected chi connectivity index (χ4v) is 6.73. The Balaban J connectivity index is 2.41. The molecule has 2 amide bonds. The van der Waals surface area contributed by atoms with E-state index in [2.05, 4.69) is 9.72 Å². The molecule has 0 N–H and O–H groups in total. The first-order valence-corrected chi connectivity index (χ1v) is 18.3. The van der Waals surface area contributed by atoms with E-state index in [9.17, 15) is 45.9 Å². The number of likely N-dealkylation sites (N-methyl/N-ethyl adjacent to an activating group) is 1. The second-order valence-electron chi connectivity index (χ2n) is 14.9. The van der Waals surface area contributed by atoms with E-state index in [0.717, 1.165) is 23.6 Å². The van der Waals surface area contributed by atoms with Gasteiger partial charge < -0.3 is 24.0 Å². The molecule has 54 heavy (non-hydrogen) atoms. The first-order valence-electron chi connectivity index (χ1n) is 17.5. The number of benzene rings is 1. The number of amides is 2. The van der Waals surface area contributed by atoms with Crippen molar-refractivity contribution in [2.24, 2.45) is 23.7 Å². The molecule has 2 aromatic rings. The molecule has 11 nitrogen and oxygen atoms in total. The first kappa shape index (κ1) is 46.0. The monoisotopic (exact) mass is 791 g/mol. The molecule has 0 saturated carbocycles. The van der Waals surface area contributed by atoms with Crippen molar-refractivity contribution in [2.75, 3.05) is 14.1 Å². The Morgan fingerprint density at radius 3 is 1.85 bits per heavy atom. The highest BCUT2D eigenvalue weighted by molar-refractivity contribution is 7.09. The Kier molecular flexibility index (Phi) is 16.1. The lowest BCUT2D eigenvalue weighted by molar-refractivity contribution is -0.149. The average molecular weight is 792 g/mol. The number of hydrogen-bond donors (Lipinski definition) is 0. The predicted molar refractivity (Wildman–Crippen MR) is 189 cm³/mol. The van der Waals surface area contributed by atoms with Gasteiger partial charge in [0.05, 0.1) is 6.04 Å². The van der Waals surface area contributed by atoms with Crippen molar-refractivity contribution in [2.45, 2.75) is 112 Å². The Bertz CT molecular complexity index is 1670. The van der Waals surface area contributed by atoms with Gasteiger partial charge in [0, 0.05) is 51.2 Å². The fraction of sp³-hybridized carbons (Fsp3) is 0.622. The minimum atomic E-state index is -2.43. The zero-order valence-electron chi connectivity index (χ0n) is 32.6. The lowest BCUT2D eigenvalue weighted by Gasteiger charge is -2.37.